The Balaban J connectivity index is 1.82. The summed E-state index contributed by atoms with van der Waals surface area (Å²) in [6.45, 7) is -0.685. The van der Waals surface area contributed by atoms with E-state index in [4.69, 9.17) is 41.3 Å². The first-order valence-electron chi connectivity index (χ1n) is 14.5. The van der Waals surface area contributed by atoms with Gasteiger partial charge < -0.3 is 87.6 Å². The van der Waals surface area contributed by atoms with Gasteiger partial charge in [-0.05, 0) is 19.4 Å². The summed E-state index contributed by atoms with van der Waals surface area (Å²) in [7, 11) is 0. The summed E-state index contributed by atoms with van der Waals surface area (Å²) in [4.78, 5) is 12.6. The van der Waals surface area contributed by atoms with Gasteiger partial charge in [-0.3, -0.25) is 5.21 Å². The Morgan fingerprint density at radius 3 is 2.14 bits per heavy atom. The molecule has 3 rings (SSSR count). The lowest BCUT2D eigenvalue weighted by molar-refractivity contribution is -0.333. The minimum Gasteiger partial charge on any atom is -0.396 e. The second kappa shape index (κ2) is 16.9. The van der Waals surface area contributed by atoms with E-state index in [2.05, 4.69) is 10.6 Å². The van der Waals surface area contributed by atoms with Crippen molar-refractivity contribution in [3.8, 4) is 0 Å². The van der Waals surface area contributed by atoms with Gasteiger partial charge in [0, 0.05) is 25.7 Å². The third-order valence-electron chi connectivity index (χ3n) is 7.95. The predicted octanol–water partition coefficient (Wildman–Crippen LogP) is -7.88. The summed E-state index contributed by atoms with van der Waals surface area (Å²) in [5.41, 5.74) is 17.6. The number of carbonyl (C=O) groups is 1. The molecular formula is C24H48N6O14. The van der Waals surface area contributed by atoms with Gasteiger partial charge in [-0.1, -0.05) is 0 Å². The first-order valence-corrected chi connectivity index (χ1v) is 14.5. The second-order valence-corrected chi connectivity index (χ2v) is 11.1. The standard InChI is InChI=1S/C24H48N6O14/c25-2-4-30(40)24(39)29-10-6-9(26)20(19(38)21(10)44-22-16(35)13(27)14(33)12(8-32)42-22)43-23-18(37)17(36)15(34)11(41-23)7-28-3-1-5-31/h9-23,28,31-38,40H,1-8,25-27H2,(H,29,39)/t9-,10+,11+,12+,13-,14+,15+,16+,17-,18+,19-,20?,21-,22+,23+/m0/s1. The van der Waals surface area contributed by atoms with Crippen molar-refractivity contribution in [3.63, 3.8) is 0 Å². The van der Waals surface area contributed by atoms with E-state index in [9.17, 15) is 45.7 Å². The number of ether oxygens (including phenoxy) is 4. The molecule has 0 aromatic carbocycles. The molecule has 44 heavy (non-hydrogen) atoms. The van der Waals surface area contributed by atoms with Crippen molar-refractivity contribution in [1.29, 1.82) is 0 Å². The Bertz CT molecular complexity index is 883. The largest absolute Gasteiger partial charge is 0.396 e. The number of urea groups is 1. The van der Waals surface area contributed by atoms with Crippen LogP contribution in [-0.2, 0) is 18.9 Å². The zero-order valence-corrected chi connectivity index (χ0v) is 24.1. The fourth-order valence-corrected chi connectivity index (χ4v) is 5.38. The van der Waals surface area contributed by atoms with Crippen LogP contribution in [0.1, 0.15) is 12.8 Å². The fourth-order valence-electron chi connectivity index (χ4n) is 5.38. The highest BCUT2D eigenvalue weighted by Gasteiger charge is 2.52. The van der Waals surface area contributed by atoms with Crippen LogP contribution < -0.4 is 27.8 Å². The first-order chi connectivity index (χ1) is 20.9. The maximum Gasteiger partial charge on any atom is 0.341 e. The molecule has 1 unspecified atom stereocenters. The summed E-state index contributed by atoms with van der Waals surface area (Å²) < 4.78 is 22.9. The van der Waals surface area contributed by atoms with E-state index < -0.39 is 104 Å². The van der Waals surface area contributed by atoms with Gasteiger partial charge in [-0.25, -0.2) is 9.86 Å². The van der Waals surface area contributed by atoms with Crippen LogP contribution >= 0.6 is 0 Å². The van der Waals surface area contributed by atoms with Gasteiger partial charge in [0.1, 0.15) is 61.0 Å². The summed E-state index contributed by atoms with van der Waals surface area (Å²) in [5, 5.41) is 97.9. The molecule has 0 aromatic rings. The van der Waals surface area contributed by atoms with Gasteiger partial charge in [0.05, 0.1) is 25.2 Å². The van der Waals surface area contributed by atoms with Crippen molar-refractivity contribution >= 4 is 6.03 Å². The molecule has 2 amide bonds. The van der Waals surface area contributed by atoms with Gasteiger partial charge in [0.25, 0.3) is 0 Å². The average Bonchev–Trinajstić information content (AvgIpc) is 2.99. The molecule has 0 radical (unpaired) electrons. The lowest BCUT2D eigenvalue weighted by atomic mass is 9.83. The minimum absolute atomic E-state index is 0.0133. The van der Waals surface area contributed by atoms with Crippen LogP contribution in [0.2, 0.25) is 0 Å². The zero-order chi connectivity index (χ0) is 32.7. The molecule has 20 nitrogen and oxygen atoms in total. The molecule has 0 bridgehead atoms. The Morgan fingerprint density at radius 1 is 0.864 bits per heavy atom. The molecule has 15 atom stereocenters. The molecule has 2 saturated heterocycles. The van der Waals surface area contributed by atoms with Gasteiger partial charge in [0.2, 0.25) is 0 Å². The molecule has 2 aliphatic heterocycles. The quantitative estimate of drug-likeness (QED) is 0.0502. The molecule has 1 saturated carbocycles. The second-order valence-electron chi connectivity index (χ2n) is 11.1. The molecule has 20 heteroatoms. The van der Waals surface area contributed by atoms with Gasteiger partial charge in [-0.15, -0.1) is 0 Å². The number of amides is 2. The van der Waals surface area contributed by atoms with Gasteiger partial charge >= 0.3 is 6.03 Å². The molecule has 1 aliphatic carbocycles. The third-order valence-corrected chi connectivity index (χ3v) is 7.95. The maximum absolute atomic E-state index is 12.6. The van der Waals surface area contributed by atoms with Crippen LogP contribution in [0.3, 0.4) is 0 Å². The molecule has 0 spiro atoms. The fraction of sp³-hybridized carbons (Fsp3) is 0.958. The highest BCUT2D eigenvalue weighted by molar-refractivity contribution is 5.73. The van der Waals surface area contributed by atoms with Crippen molar-refractivity contribution in [2.45, 2.75) is 105 Å². The van der Waals surface area contributed by atoms with Gasteiger partial charge in [-0.2, -0.15) is 0 Å². The SMILES string of the molecule is NCCN(O)C(=O)N[C@@H]1C[C@H](N)C(O[C@H]2O[C@H](CNCCCO)[C@@H](O)[C@H](O)[C@H]2O)[C@H](O)[C@H]1O[C@H]1O[C@H](CO)[C@@H](O)[C@H](N)[C@H]1O. The lowest BCUT2D eigenvalue weighted by Crippen LogP contribution is -2.69. The highest BCUT2D eigenvalue weighted by Crippen LogP contribution is 2.32. The number of nitrogens with one attached hydrogen (secondary N) is 2. The summed E-state index contributed by atoms with van der Waals surface area (Å²) in [5.74, 6) is 0. The van der Waals surface area contributed by atoms with Crippen molar-refractivity contribution in [1.82, 2.24) is 15.7 Å². The Morgan fingerprint density at radius 2 is 1.50 bits per heavy atom. The van der Waals surface area contributed by atoms with Crippen molar-refractivity contribution < 1.29 is 69.8 Å². The number of nitrogens with two attached hydrogens (primary N) is 3. The molecule has 3 fully saturated rings. The maximum atomic E-state index is 12.6. The highest BCUT2D eigenvalue weighted by atomic mass is 16.7. The number of hydrogen-bond acceptors (Lipinski definition) is 18. The number of rotatable bonds is 13. The molecule has 0 aromatic heterocycles. The van der Waals surface area contributed by atoms with E-state index in [1.54, 1.807) is 0 Å². The van der Waals surface area contributed by atoms with E-state index in [1.165, 1.54) is 0 Å². The summed E-state index contributed by atoms with van der Waals surface area (Å²) in [6.07, 6.45) is -18.1. The summed E-state index contributed by atoms with van der Waals surface area (Å²) >= 11 is 0. The Hall–Kier alpha value is -1.41. The van der Waals surface area contributed by atoms with E-state index in [-0.39, 0.29) is 32.7 Å². The van der Waals surface area contributed by atoms with Crippen molar-refractivity contribution in [2.24, 2.45) is 17.2 Å². The van der Waals surface area contributed by atoms with Crippen LogP contribution in [-0.4, -0.2) is 188 Å². The smallest absolute Gasteiger partial charge is 0.341 e. The third kappa shape index (κ3) is 8.68. The Kier molecular flexibility index (Phi) is 14.3. The van der Waals surface area contributed by atoms with E-state index in [0.717, 1.165) is 0 Å². The average molecular weight is 645 g/mol. The van der Waals surface area contributed by atoms with Crippen LogP contribution in [0.25, 0.3) is 0 Å². The van der Waals surface area contributed by atoms with E-state index in [1.807, 2.05) is 0 Å². The van der Waals surface area contributed by atoms with Crippen LogP contribution in [0, 0.1) is 0 Å². The molecule has 3 aliphatic rings. The van der Waals surface area contributed by atoms with Crippen LogP contribution in [0.5, 0.6) is 0 Å². The number of nitrogens with zero attached hydrogens (tertiary/aromatic N) is 1. The monoisotopic (exact) mass is 644 g/mol. The molecule has 258 valence electrons. The normalized spacial score (nSPS) is 43.0. The minimum atomic E-state index is -1.78. The number of aliphatic hydroxyl groups is 8. The first kappa shape index (κ1) is 37.1. The molecular weight excluding hydrogens is 596 g/mol. The zero-order valence-electron chi connectivity index (χ0n) is 24.1. The molecule has 2 heterocycles. The van der Waals surface area contributed by atoms with Crippen molar-refractivity contribution in [3.05, 3.63) is 0 Å². The number of hydrogen-bond donors (Lipinski definition) is 14. The van der Waals surface area contributed by atoms with Crippen LogP contribution in [0.15, 0.2) is 0 Å². The van der Waals surface area contributed by atoms with E-state index >= 15 is 0 Å². The number of hydroxylamine groups is 2. The predicted molar refractivity (Wildman–Crippen MR) is 145 cm³/mol. The van der Waals surface area contributed by atoms with Gasteiger partial charge in [0.15, 0.2) is 12.6 Å². The topological polar surface area (TPSA) is 341 Å². The van der Waals surface area contributed by atoms with E-state index in [0.29, 0.717) is 18.0 Å². The summed E-state index contributed by atoms with van der Waals surface area (Å²) in [6, 6.07) is -4.57. The van der Waals surface area contributed by atoms with Crippen molar-refractivity contribution in [2.75, 3.05) is 39.4 Å². The van der Waals surface area contributed by atoms with Crippen LogP contribution in [0.4, 0.5) is 4.79 Å². The molecule has 17 N–H and O–H groups in total. The Labute approximate surface area is 253 Å². The number of aliphatic hydroxyl groups excluding tert-OH is 8. The number of carbonyl (C=O) groups excluding carboxylic acids is 1. The lowest BCUT2D eigenvalue weighted by Gasteiger charge is -2.49.